The van der Waals surface area contributed by atoms with Gasteiger partial charge in [0.05, 0.1) is 26.0 Å². The zero-order chi connectivity index (χ0) is 18.3. The number of nitrogens with zero attached hydrogens (tertiary/aromatic N) is 3. The molecule has 1 saturated heterocycles. The molecule has 0 spiro atoms. The Balaban J connectivity index is 1.86. The summed E-state index contributed by atoms with van der Waals surface area (Å²) in [5, 5.41) is 1.60. The van der Waals surface area contributed by atoms with Crippen molar-refractivity contribution in [1.82, 2.24) is 9.88 Å². The van der Waals surface area contributed by atoms with Crippen LogP contribution in [0.15, 0.2) is 46.0 Å². The lowest BCUT2D eigenvalue weighted by molar-refractivity contribution is 0.298. The minimum absolute atomic E-state index is 0.0266. The van der Waals surface area contributed by atoms with Crippen LogP contribution in [0.2, 0.25) is 0 Å². The largest absolute Gasteiger partial charge is 0.493 e. The molecular weight excluding hydrogens is 414 g/mol. The predicted octanol–water partition coefficient (Wildman–Crippen LogP) is 4.45. The molecule has 1 fully saturated rings. The van der Waals surface area contributed by atoms with Gasteiger partial charge in [-0.05, 0) is 24.3 Å². The average molecular weight is 434 g/mol. The quantitative estimate of drug-likeness (QED) is 0.712. The third-order valence-electron chi connectivity index (χ3n) is 4.67. The Labute approximate surface area is 165 Å². The summed E-state index contributed by atoms with van der Waals surface area (Å²) in [6.45, 7) is 3.19. The molecule has 5 nitrogen and oxygen atoms in total. The van der Waals surface area contributed by atoms with Crippen LogP contribution in [0, 0.1) is 0 Å². The maximum Gasteiger partial charge on any atom is 0.166 e. The van der Waals surface area contributed by atoms with E-state index in [1.165, 1.54) is 0 Å². The minimum Gasteiger partial charge on any atom is -0.493 e. The Morgan fingerprint density at radius 3 is 2.77 bits per heavy atom. The number of amidine groups is 1. The normalized spacial score (nSPS) is 24.4. The SMILES string of the molecule is COc1cc(Br)cc([C@@H]2[C@H](c3ccccn3)N=C3S[C@@H](C)CN32)c1OC. The van der Waals surface area contributed by atoms with Gasteiger partial charge >= 0.3 is 0 Å². The monoisotopic (exact) mass is 433 g/mol. The molecular formula is C19H20BrN3O2S. The summed E-state index contributed by atoms with van der Waals surface area (Å²) < 4.78 is 12.3. The van der Waals surface area contributed by atoms with Gasteiger partial charge in [-0.25, -0.2) is 0 Å². The van der Waals surface area contributed by atoms with Crippen molar-refractivity contribution in [2.45, 2.75) is 24.3 Å². The summed E-state index contributed by atoms with van der Waals surface area (Å²) in [6, 6.07) is 9.97. The van der Waals surface area contributed by atoms with E-state index in [1.54, 1.807) is 14.2 Å². The maximum atomic E-state index is 5.74. The lowest BCUT2D eigenvalue weighted by Crippen LogP contribution is -2.29. The summed E-state index contributed by atoms with van der Waals surface area (Å²) in [4.78, 5) is 12.0. The second-order valence-corrected chi connectivity index (χ2v) is 8.69. The van der Waals surface area contributed by atoms with E-state index in [0.717, 1.165) is 33.2 Å². The molecule has 3 heterocycles. The molecule has 0 aliphatic carbocycles. The molecule has 136 valence electrons. The van der Waals surface area contributed by atoms with Gasteiger partial charge in [-0.2, -0.15) is 0 Å². The van der Waals surface area contributed by atoms with Crippen LogP contribution < -0.4 is 9.47 Å². The topological polar surface area (TPSA) is 47.0 Å². The van der Waals surface area contributed by atoms with Gasteiger partial charge in [0.1, 0.15) is 6.04 Å². The highest BCUT2D eigenvalue weighted by atomic mass is 79.9. The van der Waals surface area contributed by atoms with Crippen molar-refractivity contribution in [2.75, 3.05) is 20.8 Å². The van der Waals surface area contributed by atoms with E-state index in [1.807, 2.05) is 42.2 Å². The first-order valence-corrected chi connectivity index (χ1v) is 10.1. The summed E-state index contributed by atoms with van der Waals surface area (Å²) in [6.07, 6.45) is 1.82. The third kappa shape index (κ3) is 2.97. The number of aromatic nitrogens is 1. The molecule has 0 bridgehead atoms. The molecule has 4 rings (SSSR count). The van der Waals surface area contributed by atoms with Crippen LogP contribution in [0.3, 0.4) is 0 Å². The van der Waals surface area contributed by atoms with Crippen LogP contribution in [-0.2, 0) is 0 Å². The number of rotatable bonds is 4. The number of pyridine rings is 1. The van der Waals surface area contributed by atoms with E-state index in [2.05, 4.69) is 38.8 Å². The molecule has 0 radical (unpaired) electrons. The number of aliphatic imine (C=N–C) groups is 1. The Hall–Kier alpha value is -1.73. The second-order valence-electron chi connectivity index (χ2n) is 6.37. The molecule has 2 aliphatic heterocycles. The number of thioether (sulfide) groups is 1. The number of fused-ring (bicyclic) bond motifs is 1. The molecule has 0 amide bonds. The van der Waals surface area contributed by atoms with Crippen molar-refractivity contribution >= 4 is 32.9 Å². The Morgan fingerprint density at radius 1 is 1.23 bits per heavy atom. The minimum atomic E-state index is -0.0703. The van der Waals surface area contributed by atoms with Gasteiger partial charge in [0, 0.05) is 28.0 Å². The van der Waals surface area contributed by atoms with Gasteiger partial charge < -0.3 is 14.4 Å². The maximum absolute atomic E-state index is 5.74. The van der Waals surface area contributed by atoms with Gasteiger partial charge in [-0.15, -0.1) is 0 Å². The zero-order valence-corrected chi connectivity index (χ0v) is 17.3. The van der Waals surface area contributed by atoms with E-state index in [4.69, 9.17) is 14.5 Å². The van der Waals surface area contributed by atoms with Gasteiger partial charge in [0.15, 0.2) is 16.7 Å². The molecule has 3 atom stereocenters. The van der Waals surface area contributed by atoms with Crippen LogP contribution in [0.4, 0.5) is 0 Å². The average Bonchev–Trinajstić information content (AvgIpc) is 3.17. The van der Waals surface area contributed by atoms with Gasteiger partial charge in [0.2, 0.25) is 0 Å². The summed E-state index contributed by atoms with van der Waals surface area (Å²) in [5.41, 5.74) is 2.02. The Bertz CT molecular complexity index is 846. The zero-order valence-electron chi connectivity index (χ0n) is 14.8. The smallest absolute Gasteiger partial charge is 0.166 e. The van der Waals surface area contributed by atoms with Crippen molar-refractivity contribution in [3.63, 3.8) is 0 Å². The highest BCUT2D eigenvalue weighted by Crippen LogP contribution is 2.51. The fraction of sp³-hybridized carbons (Fsp3) is 0.368. The van der Waals surface area contributed by atoms with Crippen LogP contribution in [0.25, 0.3) is 0 Å². The van der Waals surface area contributed by atoms with Crippen LogP contribution in [0.1, 0.15) is 30.3 Å². The summed E-state index contributed by atoms with van der Waals surface area (Å²) in [5.74, 6) is 1.47. The number of hydrogen-bond acceptors (Lipinski definition) is 6. The Kier molecular flexibility index (Phi) is 4.84. The van der Waals surface area contributed by atoms with E-state index in [9.17, 15) is 0 Å². The van der Waals surface area contributed by atoms with Gasteiger partial charge in [-0.1, -0.05) is 40.7 Å². The number of hydrogen-bond donors (Lipinski definition) is 0. The molecule has 1 aromatic heterocycles. The van der Waals surface area contributed by atoms with Gasteiger partial charge in [0.25, 0.3) is 0 Å². The van der Waals surface area contributed by atoms with E-state index >= 15 is 0 Å². The summed E-state index contributed by atoms with van der Waals surface area (Å²) in [7, 11) is 3.35. The van der Waals surface area contributed by atoms with Crippen molar-refractivity contribution in [2.24, 2.45) is 4.99 Å². The first-order valence-electron chi connectivity index (χ1n) is 8.45. The Morgan fingerprint density at radius 2 is 2.08 bits per heavy atom. The van der Waals surface area contributed by atoms with Crippen molar-refractivity contribution in [3.05, 3.63) is 52.3 Å². The molecule has 1 aromatic carbocycles. The van der Waals surface area contributed by atoms with Crippen LogP contribution in [-0.4, -0.2) is 41.1 Å². The fourth-order valence-electron chi connectivity index (χ4n) is 3.63. The highest BCUT2D eigenvalue weighted by molar-refractivity contribution is 9.10. The summed E-state index contributed by atoms with van der Waals surface area (Å²) >= 11 is 5.44. The fourth-order valence-corrected chi connectivity index (χ4v) is 5.18. The van der Waals surface area contributed by atoms with E-state index in [0.29, 0.717) is 11.0 Å². The second kappa shape index (κ2) is 7.12. The van der Waals surface area contributed by atoms with Crippen molar-refractivity contribution in [1.29, 1.82) is 0 Å². The van der Waals surface area contributed by atoms with E-state index < -0.39 is 0 Å². The molecule has 0 N–H and O–H groups in total. The number of methoxy groups -OCH3 is 2. The predicted molar refractivity (Wildman–Crippen MR) is 108 cm³/mol. The molecule has 26 heavy (non-hydrogen) atoms. The number of benzene rings is 1. The lowest BCUT2D eigenvalue weighted by atomic mass is 9.95. The van der Waals surface area contributed by atoms with Crippen molar-refractivity contribution < 1.29 is 9.47 Å². The third-order valence-corrected chi connectivity index (χ3v) is 6.23. The lowest BCUT2D eigenvalue weighted by Gasteiger charge is -2.29. The van der Waals surface area contributed by atoms with Crippen LogP contribution in [0.5, 0.6) is 11.5 Å². The van der Waals surface area contributed by atoms with E-state index in [-0.39, 0.29) is 12.1 Å². The first-order chi connectivity index (χ1) is 12.6. The molecule has 0 unspecified atom stereocenters. The molecule has 0 saturated carbocycles. The highest BCUT2D eigenvalue weighted by Gasteiger charge is 2.45. The molecule has 7 heteroatoms. The van der Waals surface area contributed by atoms with Crippen LogP contribution >= 0.6 is 27.7 Å². The van der Waals surface area contributed by atoms with Gasteiger partial charge in [-0.3, -0.25) is 9.98 Å². The molecule has 2 aliphatic rings. The standard InChI is InChI=1S/C19H20BrN3O2S/c1-11-10-23-17(13-8-12(20)9-15(24-2)18(13)25-3)16(22-19(23)26-11)14-6-4-5-7-21-14/h4-9,11,16-17H,10H2,1-3H3/t11-,16-,17+/m0/s1. The number of ether oxygens (including phenoxy) is 2. The molecule has 2 aromatic rings. The number of halogens is 1. The van der Waals surface area contributed by atoms with Crippen molar-refractivity contribution in [3.8, 4) is 11.5 Å². The first kappa shape index (κ1) is 17.7.